The lowest BCUT2D eigenvalue weighted by Gasteiger charge is -2.23. The van der Waals surface area contributed by atoms with E-state index in [0.717, 1.165) is 152 Å². The summed E-state index contributed by atoms with van der Waals surface area (Å²) in [5.74, 6) is 2.73. The molecule has 1 aliphatic rings. The number of rotatable bonds is 21. The van der Waals surface area contributed by atoms with Gasteiger partial charge in [0, 0.05) is 51.9 Å². The average Bonchev–Trinajstić information content (AvgIpc) is 1.47. The van der Waals surface area contributed by atoms with E-state index < -0.39 is 5.82 Å². The number of aromatic nitrogens is 25. The Labute approximate surface area is 832 Å². The summed E-state index contributed by atoms with van der Waals surface area (Å²) in [5.41, 5.74) is 17.3. The van der Waals surface area contributed by atoms with Crippen molar-refractivity contribution in [1.82, 2.24) is 123 Å². The maximum absolute atomic E-state index is 14.8. The third-order valence-corrected chi connectivity index (χ3v) is 26.4. The molecule has 5 unspecified atom stereocenters. The van der Waals surface area contributed by atoms with E-state index in [9.17, 15) is 28.4 Å². The first-order chi connectivity index (χ1) is 70.9. The standard InChI is InChI=1S/C24H22N6O.C23H19FN6O.C23H20N6O.C20H20N6O.C20H22N6O/c1-3-18(29-23-21-22(26-13-25-21)27-14-28-23)19-12-16-9-7-8-15(2)20(16)24(31)30(19)17-10-5-4-6-11-17;1-13-6-5-7-15-10-18(14(2)29-22-20-21(26-11-25-20)27-12-28-22)30(23(31)19(13)15)17-9-4-3-8-16(17)24;1-14-7-6-8-16-11-18(29(23(30)19(14)16)17-9-4-3-5-10-17)15(2)28-22-20-21(25-12-24-20)26-13-27-22;1-11-4-3-5-13-8-15(26(14-6-7-14)20(27)16(11)13)12(2)25-19-17-18(22-9-21-17)23-10-24-19;1-11(2)26-15(8-14-7-5-6-12(3)16(14)20(26)27)13(4)25-19-17-18(22-9-21-17)23-10-24-19/h4-14,18H,3H2,1-2H3,(H2,25,26,27,28,29);3-12,14H,1-2H3,(H2,25,26,27,28,29);3-13,15H,1-2H3,(H2,24,25,26,27,28);3-5,8-10,12,14H,6-7H2,1-2H3,(H2,21,22,23,24,25);5-11,13H,1-4H3,(H2,21,22,23,24,25). The van der Waals surface area contributed by atoms with Gasteiger partial charge in [0.1, 0.15) is 65.0 Å². The maximum Gasteiger partial charge on any atom is 0.263 e. The first-order valence-electron chi connectivity index (χ1n) is 48.1. The molecule has 36 heteroatoms. The van der Waals surface area contributed by atoms with Gasteiger partial charge in [0.2, 0.25) is 0 Å². The number of hydrogen-bond acceptors (Lipinski definition) is 25. The number of hydrogen-bond donors (Lipinski definition) is 10. The first-order valence-corrected chi connectivity index (χ1v) is 48.1. The van der Waals surface area contributed by atoms with Crippen molar-refractivity contribution in [2.24, 2.45) is 0 Å². The van der Waals surface area contributed by atoms with Crippen LogP contribution < -0.4 is 54.4 Å². The van der Waals surface area contributed by atoms with Crippen molar-refractivity contribution >= 4 is 139 Å². The molecule has 0 amide bonds. The molecule has 24 rings (SSSR count). The van der Waals surface area contributed by atoms with Crippen LogP contribution in [-0.4, -0.2) is 123 Å². The molecule has 0 saturated heterocycles. The van der Waals surface area contributed by atoms with Crippen molar-refractivity contribution < 1.29 is 4.39 Å². The zero-order chi connectivity index (χ0) is 101. The number of anilines is 5. The second-order valence-electron chi connectivity index (χ2n) is 36.4. The summed E-state index contributed by atoms with van der Waals surface area (Å²) in [6.07, 6.45) is 18.2. The van der Waals surface area contributed by atoms with E-state index in [0.29, 0.717) is 80.0 Å². The molecule has 15 aromatic heterocycles. The Kier molecular flexibility index (Phi) is 26.4. The fourth-order valence-electron chi connectivity index (χ4n) is 19.2. The fraction of sp³-hybridized carbons (Fsp3) is 0.200. The van der Waals surface area contributed by atoms with Crippen molar-refractivity contribution in [1.29, 1.82) is 0 Å². The number of para-hydroxylation sites is 3. The summed E-state index contributed by atoms with van der Waals surface area (Å²) in [7, 11) is 0. The smallest absolute Gasteiger partial charge is 0.263 e. The molecule has 1 aliphatic carbocycles. The third kappa shape index (κ3) is 18.6. The summed E-state index contributed by atoms with van der Waals surface area (Å²) >= 11 is 0. The molecular formula is C110H103FN30O5. The lowest BCUT2D eigenvalue weighted by atomic mass is 10.0. The van der Waals surface area contributed by atoms with Crippen molar-refractivity contribution in [3.63, 3.8) is 0 Å². The number of aryl methyl sites for hydroxylation is 5. The Balaban J connectivity index is 0.000000111. The molecule has 1 fully saturated rings. The van der Waals surface area contributed by atoms with Crippen LogP contribution >= 0.6 is 0 Å². The molecule has 0 aliphatic heterocycles. The number of fused-ring (bicyclic) bond motifs is 10. The van der Waals surface area contributed by atoms with Crippen molar-refractivity contribution in [2.75, 3.05) is 26.6 Å². The number of nitrogens with zero attached hydrogens (tertiary/aromatic N) is 20. The highest BCUT2D eigenvalue weighted by Crippen LogP contribution is 2.40. The number of pyridine rings is 5. The third-order valence-electron chi connectivity index (χ3n) is 26.4. The Morgan fingerprint density at radius 3 is 0.966 bits per heavy atom. The van der Waals surface area contributed by atoms with Crippen LogP contribution in [0.25, 0.3) is 127 Å². The molecule has 730 valence electrons. The van der Waals surface area contributed by atoms with Gasteiger partial charge in [-0.15, -0.1) is 0 Å². The van der Waals surface area contributed by atoms with E-state index in [1.807, 2.05) is 241 Å². The molecule has 1 saturated carbocycles. The molecule has 0 spiro atoms. The molecule has 15 heterocycles. The van der Waals surface area contributed by atoms with Crippen molar-refractivity contribution in [3.8, 4) is 17.1 Å². The first kappa shape index (κ1) is 95.1. The van der Waals surface area contributed by atoms with Crippen molar-refractivity contribution in [2.45, 2.75) is 145 Å². The maximum atomic E-state index is 14.8. The van der Waals surface area contributed by atoms with Crippen LogP contribution in [0.15, 0.2) is 294 Å². The minimum atomic E-state index is -0.469. The number of aromatic amines is 5. The number of imidazole rings is 5. The predicted molar refractivity (Wildman–Crippen MR) is 571 cm³/mol. The van der Waals surface area contributed by atoms with Crippen molar-refractivity contribution in [3.05, 3.63) is 383 Å². The van der Waals surface area contributed by atoms with E-state index in [4.69, 9.17) is 0 Å². The van der Waals surface area contributed by atoms with Gasteiger partial charge in [0.25, 0.3) is 27.8 Å². The Bertz CT molecular complexity index is 9020. The van der Waals surface area contributed by atoms with Crippen LogP contribution in [0, 0.1) is 40.4 Å². The number of nitrogens with one attached hydrogen (secondary N) is 10. The largest absolute Gasteiger partial charge is 0.360 e. The van der Waals surface area contributed by atoms with Gasteiger partial charge in [0.15, 0.2) is 57.3 Å². The van der Waals surface area contributed by atoms with Crippen LogP contribution in [-0.2, 0) is 0 Å². The van der Waals surface area contributed by atoms with Crippen LogP contribution in [0.4, 0.5) is 33.5 Å². The Hall–Kier alpha value is -18.5. The van der Waals surface area contributed by atoms with Gasteiger partial charge < -0.3 is 60.6 Å². The number of benzene rings is 8. The lowest BCUT2D eigenvalue weighted by Crippen LogP contribution is -2.28. The van der Waals surface area contributed by atoms with E-state index >= 15 is 0 Å². The molecule has 23 aromatic rings. The van der Waals surface area contributed by atoms with Gasteiger partial charge in [-0.25, -0.2) is 79.2 Å². The Morgan fingerprint density at radius 2 is 0.610 bits per heavy atom. The van der Waals surface area contributed by atoms with Gasteiger partial charge in [-0.1, -0.05) is 146 Å². The molecule has 5 atom stereocenters. The molecular weight excluding hydrogens is 1840 g/mol. The molecule has 146 heavy (non-hydrogen) atoms. The summed E-state index contributed by atoms with van der Waals surface area (Å²) in [6, 6.07) is 64.9. The van der Waals surface area contributed by atoms with Gasteiger partial charge in [-0.2, -0.15) is 0 Å². The molecule has 35 nitrogen and oxygen atoms in total. The van der Waals surface area contributed by atoms with Gasteiger partial charge in [-0.05, 0) is 217 Å². The SMILES string of the molecule is CCC(Nc1ncnc2nc[nH]c12)c1cc2cccc(C)c2c(=O)n1-c1ccccc1.Cc1cccc2cc(C(C)Nc3ncnc4nc[nH]c34)n(-c3ccccc3)c(=O)c12.Cc1cccc2cc(C(C)Nc3ncnc4nc[nH]c34)n(-c3ccccc3F)c(=O)c12.Cc1cccc2cc(C(C)Nc3ncnc4nc[nH]c34)n(C(C)C)c(=O)c12.Cc1cccc2cc(C(C)Nc3ncnc4nc[nH]c34)n(C3CC3)c(=O)c12. The van der Waals surface area contributed by atoms with E-state index in [-0.39, 0.29) is 69.7 Å². The number of halogens is 1. The summed E-state index contributed by atoms with van der Waals surface area (Å²) in [6.45, 7) is 23.9. The van der Waals surface area contributed by atoms with Crippen LogP contribution in [0.3, 0.4) is 0 Å². The van der Waals surface area contributed by atoms with Crippen LogP contribution in [0.2, 0.25) is 0 Å². The van der Waals surface area contributed by atoms with E-state index in [2.05, 4.69) is 164 Å². The molecule has 0 bridgehead atoms. The highest BCUT2D eigenvalue weighted by molar-refractivity contribution is 5.92. The number of H-pyrrole nitrogens is 5. The second kappa shape index (κ2) is 40.6. The average molecular weight is 1940 g/mol. The summed E-state index contributed by atoms with van der Waals surface area (Å²) < 4.78 is 23.6. The lowest BCUT2D eigenvalue weighted by molar-refractivity contribution is 0.541. The Morgan fingerprint density at radius 1 is 0.315 bits per heavy atom. The molecule has 0 radical (unpaired) electrons. The van der Waals surface area contributed by atoms with Crippen LogP contribution in [0.5, 0.6) is 0 Å². The van der Waals surface area contributed by atoms with E-state index in [1.54, 1.807) is 54.4 Å². The normalized spacial score (nSPS) is 13.0. The highest BCUT2D eigenvalue weighted by atomic mass is 19.1. The quantitative estimate of drug-likeness (QED) is 0.0319. The molecule has 10 N–H and O–H groups in total. The zero-order valence-corrected chi connectivity index (χ0v) is 81.9. The predicted octanol–water partition coefficient (Wildman–Crippen LogP) is 20.2. The minimum absolute atomic E-state index is 0.0218. The van der Waals surface area contributed by atoms with Gasteiger partial charge >= 0.3 is 0 Å². The van der Waals surface area contributed by atoms with E-state index in [1.165, 1.54) is 42.3 Å². The zero-order valence-electron chi connectivity index (χ0n) is 81.9. The molecule has 8 aromatic carbocycles. The fourth-order valence-corrected chi connectivity index (χ4v) is 19.2. The minimum Gasteiger partial charge on any atom is -0.360 e. The van der Waals surface area contributed by atoms with Gasteiger partial charge in [-0.3, -0.25) is 37.7 Å². The monoisotopic (exact) mass is 1940 g/mol. The second-order valence-corrected chi connectivity index (χ2v) is 36.4. The highest BCUT2D eigenvalue weighted by Gasteiger charge is 2.32. The topological polar surface area (TPSA) is 442 Å². The van der Waals surface area contributed by atoms with Gasteiger partial charge in [0.05, 0.1) is 94.5 Å². The summed E-state index contributed by atoms with van der Waals surface area (Å²) in [4.78, 5) is 146. The summed E-state index contributed by atoms with van der Waals surface area (Å²) in [5, 5.41) is 25.3. The van der Waals surface area contributed by atoms with Crippen LogP contribution in [0.1, 0.15) is 166 Å².